The summed E-state index contributed by atoms with van der Waals surface area (Å²) in [7, 11) is 1.56. The first-order chi connectivity index (χ1) is 13.1. The van der Waals surface area contributed by atoms with Crippen LogP contribution < -0.4 is 9.64 Å². The number of benzene rings is 3. The van der Waals surface area contributed by atoms with Crippen molar-refractivity contribution in [3.8, 4) is 11.5 Å². The van der Waals surface area contributed by atoms with E-state index >= 15 is 0 Å². The summed E-state index contributed by atoms with van der Waals surface area (Å²) in [6.45, 7) is 0. The number of phenolic OH excluding ortho intramolecular Hbond substituents is 1. The Bertz CT molecular complexity index is 983. The van der Waals surface area contributed by atoms with E-state index < -0.39 is 0 Å². The molecule has 1 unspecified atom stereocenters. The van der Waals surface area contributed by atoms with E-state index in [9.17, 15) is 14.3 Å². The molecule has 1 atom stereocenters. The summed E-state index contributed by atoms with van der Waals surface area (Å²) in [4.78, 5) is 14.8. The lowest BCUT2D eigenvalue weighted by Crippen LogP contribution is -2.29. The quantitative estimate of drug-likeness (QED) is 0.743. The number of methoxy groups -OCH3 is 1. The SMILES string of the molecule is COc1ccc2c(c1)C(=O)N(c1ccc(F)cc1)C2Cc1ccc(O)cc1. The van der Waals surface area contributed by atoms with Crippen molar-refractivity contribution < 1.29 is 19.0 Å². The highest BCUT2D eigenvalue weighted by atomic mass is 19.1. The van der Waals surface area contributed by atoms with Crippen molar-refractivity contribution in [2.75, 3.05) is 12.0 Å². The van der Waals surface area contributed by atoms with Crippen LogP contribution >= 0.6 is 0 Å². The molecule has 0 bridgehead atoms. The summed E-state index contributed by atoms with van der Waals surface area (Å²) >= 11 is 0. The van der Waals surface area contributed by atoms with Crippen LogP contribution in [0.25, 0.3) is 0 Å². The Morgan fingerprint density at radius 3 is 2.41 bits per heavy atom. The fourth-order valence-electron chi connectivity index (χ4n) is 3.50. The van der Waals surface area contributed by atoms with Crippen molar-refractivity contribution in [2.24, 2.45) is 0 Å². The molecule has 27 heavy (non-hydrogen) atoms. The van der Waals surface area contributed by atoms with Gasteiger partial charge >= 0.3 is 0 Å². The Kier molecular flexibility index (Phi) is 4.28. The van der Waals surface area contributed by atoms with Crippen LogP contribution in [0.3, 0.4) is 0 Å². The van der Waals surface area contributed by atoms with Crippen molar-refractivity contribution in [3.63, 3.8) is 0 Å². The number of hydrogen-bond acceptors (Lipinski definition) is 3. The summed E-state index contributed by atoms with van der Waals surface area (Å²) in [6, 6.07) is 18.1. The number of amides is 1. The maximum absolute atomic E-state index is 13.4. The van der Waals surface area contributed by atoms with Crippen LogP contribution in [-0.4, -0.2) is 18.1 Å². The van der Waals surface area contributed by atoms with Gasteiger partial charge in [0.1, 0.15) is 17.3 Å². The molecular formula is C22H18FNO3. The molecule has 1 N–H and O–H groups in total. The Hall–Kier alpha value is -3.34. The molecule has 136 valence electrons. The zero-order chi connectivity index (χ0) is 19.0. The summed E-state index contributed by atoms with van der Waals surface area (Å²) in [6.07, 6.45) is 0.572. The van der Waals surface area contributed by atoms with Crippen LogP contribution in [0.5, 0.6) is 11.5 Å². The number of carbonyl (C=O) groups excluding carboxylic acids is 1. The third kappa shape index (κ3) is 3.12. The number of aromatic hydroxyl groups is 1. The van der Waals surface area contributed by atoms with Gasteiger partial charge in [0.25, 0.3) is 5.91 Å². The molecule has 0 aromatic heterocycles. The standard InChI is InChI=1S/C22H18FNO3/c1-27-18-10-11-19-20(13-18)22(26)24(16-6-4-15(23)5-7-16)21(19)12-14-2-8-17(25)9-3-14/h2-11,13,21,25H,12H2,1H3. The van der Waals surface area contributed by atoms with Gasteiger partial charge in [-0.05, 0) is 66.1 Å². The van der Waals surface area contributed by atoms with Crippen LogP contribution in [0, 0.1) is 5.82 Å². The minimum absolute atomic E-state index is 0.140. The Morgan fingerprint density at radius 1 is 1.04 bits per heavy atom. The molecule has 5 heteroatoms. The van der Waals surface area contributed by atoms with Crippen molar-refractivity contribution in [1.82, 2.24) is 0 Å². The second kappa shape index (κ2) is 6.76. The van der Waals surface area contributed by atoms with E-state index in [1.54, 1.807) is 42.3 Å². The fraction of sp³-hybridized carbons (Fsp3) is 0.136. The molecule has 4 rings (SSSR count). The van der Waals surface area contributed by atoms with Crippen molar-refractivity contribution in [2.45, 2.75) is 12.5 Å². The van der Waals surface area contributed by atoms with E-state index in [1.807, 2.05) is 24.3 Å². The largest absolute Gasteiger partial charge is 0.508 e. The summed E-state index contributed by atoms with van der Waals surface area (Å²) in [5, 5.41) is 9.52. The number of halogens is 1. The lowest BCUT2D eigenvalue weighted by Gasteiger charge is -2.26. The first kappa shape index (κ1) is 17.1. The molecule has 3 aromatic rings. The second-order valence-corrected chi connectivity index (χ2v) is 6.49. The van der Waals surface area contributed by atoms with Gasteiger partial charge in [0.2, 0.25) is 0 Å². The number of carbonyl (C=O) groups is 1. The molecule has 0 aliphatic carbocycles. The molecule has 0 saturated heterocycles. The number of rotatable bonds is 4. The minimum atomic E-state index is -0.348. The van der Waals surface area contributed by atoms with E-state index in [4.69, 9.17) is 4.74 Å². The van der Waals surface area contributed by atoms with E-state index in [0.717, 1.165) is 11.1 Å². The van der Waals surface area contributed by atoms with Crippen LogP contribution in [0.15, 0.2) is 66.7 Å². The normalized spacial score (nSPS) is 15.7. The zero-order valence-corrected chi connectivity index (χ0v) is 14.7. The van der Waals surface area contributed by atoms with E-state index in [2.05, 4.69) is 0 Å². The highest BCUT2D eigenvalue weighted by Gasteiger charge is 2.38. The van der Waals surface area contributed by atoms with Gasteiger partial charge < -0.3 is 14.7 Å². The molecule has 1 aliphatic heterocycles. The summed E-state index contributed by atoms with van der Waals surface area (Å²) in [5.74, 6) is 0.326. The molecule has 1 aliphatic rings. The monoisotopic (exact) mass is 363 g/mol. The smallest absolute Gasteiger partial charge is 0.259 e. The maximum atomic E-state index is 13.4. The molecule has 1 heterocycles. The first-order valence-electron chi connectivity index (χ1n) is 8.62. The van der Waals surface area contributed by atoms with Crippen LogP contribution in [0.4, 0.5) is 10.1 Å². The van der Waals surface area contributed by atoms with Gasteiger partial charge in [0, 0.05) is 11.3 Å². The van der Waals surface area contributed by atoms with Gasteiger partial charge in [-0.1, -0.05) is 18.2 Å². The lowest BCUT2D eigenvalue weighted by atomic mass is 9.97. The number of hydrogen-bond donors (Lipinski definition) is 1. The molecule has 4 nitrogen and oxygen atoms in total. The van der Waals surface area contributed by atoms with Gasteiger partial charge in [0.15, 0.2) is 0 Å². The third-order valence-corrected chi connectivity index (χ3v) is 4.85. The number of ether oxygens (including phenoxy) is 1. The highest BCUT2D eigenvalue weighted by molar-refractivity contribution is 6.11. The van der Waals surface area contributed by atoms with Crippen molar-refractivity contribution >= 4 is 11.6 Å². The summed E-state index contributed by atoms with van der Waals surface area (Å²) < 4.78 is 18.6. The Balaban J connectivity index is 1.78. The second-order valence-electron chi connectivity index (χ2n) is 6.49. The molecular weight excluding hydrogens is 345 g/mol. The molecule has 0 spiro atoms. The van der Waals surface area contributed by atoms with Gasteiger partial charge in [-0.15, -0.1) is 0 Å². The maximum Gasteiger partial charge on any atom is 0.259 e. The predicted octanol–water partition coefficient (Wildman–Crippen LogP) is 4.48. The number of phenols is 1. The van der Waals surface area contributed by atoms with E-state index in [-0.39, 0.29) is 23.5 Å². The number of fused-ring (bicyclic) bond motifs is 1. The molecule has 3 aromatic carbocycles. The first-order valence-corrected chi connectivity index (χ1v) is 8.62. The minimum Gasteiger partial charge on any atom is -0.508 e. The van der Waals surface area contributed by atoms with Gasteiger partial charge in [0.05, 0.1) is 13.2 Å². The Labute approximate surface area is 156 Å². The van der Waals surface area contributed by atoms with Gasteiger partial charge in [-0.3, -0.25) is 4.79 Å². The summed E-state index contributed by atoms with van der Waals surface area (Å²) in [5.41, 5.74) is 3.11. The average Bonchev–Trinajstić information content (AvgIpc) is 2.95. The third-order valence-electron chi connectivity index (χ3n) is 4.85. The predicted molar refractivity (Wildman–Crippen MR) is 101 cm³/mol. The molecule has 0 radical (unpaired) electrons. The molecule has 1 amide bonds. The average molecular weight is 363 g/mol. The van der Waals surface area contributed by atoms with Crippen LogP contribution in [-0.2, 0) is 6.42 Å². The van der Waals surface area contributed by atoms with Crippen LogP contribution in [0.2, 0.25) is 0 Å². The zero-order valence-electron chi connectivity index (χ0n) is 14.7. The lowest BCUT2D eigenvalue weighted by molar-refractivity contribution is 0.0991. The van der Waals surface area contributed by atoms with Gasteiger partial charge in [-0.25, -0.2) is 4.39 Å². The number of nitrogens with zero attached hydrogens (tertiary/aromatic N) is 1. The fourth-order valence-corrected chi connectivity index (χ4v) is 3.50. The van der Waals surface area contributed by atoms with Crippen molar-refractivity contribution in [3.05, 3.63) is 89.2 Å². The van der Waals surface area contributed by atoms with Gasteiger partial charge in [-0.2, -0.15) is 0 Å². The van der Waals surface area contributed by atoms with Crippen molar-refractivity contribution in [1.29, 1.82) is 0 Å². The molecule has 0 fully saturated rings. The topological polar surface area (TPSA) is 49.8 Å². The van der Waals surface area contributed by atoms with E-state index in [0.29, 0.717) is 23.4 Å². The van der Waals surface area contributed by atoms with Crippen LogP contribution in [0.1, 0.15) is 27.5 Å². The van der Waals surface area contributed by atoms with E-state index in [1.165, 1.54) is 12.1 Å². The highest BCUT2D eigenvalue weighted by Crippen LogP contribution is 2.40. The Morgan fingerprint density at radius 2 is 1.74 bits per heavy atom. The number of anilines is 1. The molecule has 0 saturated carbocycles.